The number of anilines is 1. The molecule has 10 nitrogen and oxygen atoms in total. The van der Waals surface area contributed by atoms with Crippen molar-refractivity contribution in [1.82, 2.24) is 29.7 Å². The summed E-state index contributed by atoms with van der Waals surface area (Å²) in [6, 6.07) is 0.855. The van der Waals surface area contributed by atoms with E-state index in [1.54, 1.807) is 24.2 Å². The first kappa shape index (κ1) is 24.4. The molecular weight excluding hydrogens is 496 g/mol. The number of fused-ring (bicyclic) bond motifs is 4. The van der Waals surface area contributed by atoms with Gasteiger partial charge in [-0.05, 0) is 43.6 Å². The lowest BCUT2D eigenvalue weighted by Crippen LogP contribution is -2.51. The van der Waals surface area contributed by atoms with Crippen LogP contribution in [-0.4, -0.2) is 60.6 Å². The second-order valence-electron chi connectivity index (χ2n) is 10.0. The van der Waals surface area contributed by atoms with E-state index in [1.807, 2.05) is 0 Å². The van der Waals surface area contributed by atoms with Gasteiger partial charge in [0.15, 0.2) is 17.5 Å². The van der Waals surface area contributed by atoms with Crippen LogP contribution in [0.25, 0.3) is 33.7 Å². The van der Waals surface area contributed by atoms with Gasteiger partial charge in [0.2, 0.25) is 0 Å². The minimum Gasteiger partial charge on any atom is -0.481 e. The number of nitrogens with one attached hydrogen (secondary N) is 2. The number of hydrogen-bond acceptors (Lipinski definition) is 7. The van der Waals surface area contributed by atoms with Gasteiger partial charge in [0.25, 0.3) is 0 Å². The van der Waals surface area contributed by atoms with Gasteiger partial charge in [-0.2, -0.15) is 5.10 Å². The van der Waals surface area contributed by atoms with Gasteiger partial charge in [-0.3, -0.25) is 9.48 Å². The zero-order chi connectivity index (χ0) is 26.4. The van der Waals surface area contributed by atoms with Crippen LogP contribution < -0.4 is 5.32 Å². The highest BCUT2D eigenvalue weighted by molar-refractivity contribution is 5.92. The highest BCUT2D eigenvalue weighted by Gasteiger charge is 2.47. The quantitative estimate of drug-likeness (QED) is 0.315. The van der Waals surface area contributed by atoms with Crippen LogP contribution in [-0.2, 0) is 16.1 Å². The molecule has 2 atom stereocenters. The molecule has 2 unspecified atom stereocenters. The van der Waals surface area contributed by atoms with Crippen molar-refractivity contribution in [2.75, 3.05) is 19.0 Å². The Morgan fingerprint density at radius 3 is 2.76 bits per heavy atom. The molecule has 12 heteroatoms. The molecule has 3 N–H and O–H groups in total. The summed E-state index contributed by atoms with van der Waals surface area (Å²) >= 11 is 0. The first-order chi connectivity index (χ1) is 18.4. The molecule has 0 aliphatic heterocycles. The topological polar surface area (TPSA) is 131 Å². The van der Waals surface area contributed by atoms with Crippen LogP contribution in [0.3, 0.4) is 0 Å². The Bertz CT molecular complexity index is 1500. The summed E-state index contributed by atoms with van der Waals surface area (Å²) < 4.78 is 36.8. The molecule has 7 rings (SSSR count). The Balaban J connectivity index is 1.46. The predicted octanol–water partition coefficient (Wildman–Crippen LogP) is 4.11. The number of methoxy groups -OCH3 is 1. The van der Waals surface area contributed by atoms with E-state index in [4.69, 9.17) is 4.74 Å². The van der Waals surface area contributed by atoms with Crippen molar-refractivity contribution in [2.45, 2.75) is 38.3 Å². The molecule has 198 valence electrons. The SMILES string of the molecule is COCCn1cc(-c2nc(-c3c[nH]c4ncc(F)cc34)nc(NC3C4CCC(CC4)C3C(=O)O)c2F)cn1. The standard InChI is InChI=1S/C26H27F2N7O3/c1-38-7-6-35-12-15(9-31-35)22-20(28)25(32-21-14-4-2-13(3-5-14)19(21)26(36)37)34-24(33-22)18-11-30-23-17(18)8-16(27)10-29-23/h8-14,19,21H,2-7H2,1H3,(H,29,30)(H,36,37)(H,32,33,34). The molecule has 0 saturated heterocycles. The maximum Gasteiger partial charge on any atom is 0.308 e. The van der Waals surface area contributed by atoms with Gasteiger partial charge in [0.1, 0.15) is 17.2 Å². The van der Waals surface area contributed by atoms with E-state index in [0.29, 0.717) is 35.3 Å². The lowest BCUT2D eigenvalue weighted by molar-refractivity contribution is -0.148. The molecule has 0 aromatic carbocycles. The fraction of sp³-hybridized carbons (Fsp3) is 0.423. The molecule has 3 fully saturated rings. The number of pyridine rings is 1. The summed E-state index contributed by atoms with van der Waals surface area (Å²) in [5.41, 5.74) is 1.32. The number of carboxylic acid groups (broad SMARTS) is 1. The van der Waals surface area contributed by atoms with Crippen LogP contribution in [0, 0.1) is 29.4 Å². The number of hydrogen-bond donors (Lipinski definition) is 3. The number of H-pyrrole nitrogens is 1. The van der Waals surface area contributed by atoms with E-state index in [2.05, 4.69) is 30.4 Å². The van der Waals surface area contributed by atoms with E-state index in [1.165, 1.54) is 12.3 Å². The van der Waals surface area contributed by atoms with E-state index in [-0.39, 0.29) is 29.2 Å². The van der Waals surface area contributed by atoms with Gasteiger partial charge in [0, 0.05) is 42.1 Å². The Labute approximate surface area is 216 Å². The average molecular weight is 524 g/mol. The summed E-state index contributed by atoms with van der Waals surface area (Å²) in [6.07, 6.45) is 9.36. The molecule has 3 aliphatic carbocycles. The molecule has 2 bridgehead atoms. The monoisotopic (exact) mass is 523 g/mol. The number of carboxylic acids is 1. The molecule has 4 heterocycles. The molecule has 0 radical (unpaired) electrons. The van der Waals surface area contributed by atoms with Crippen molar-refractivity contribution in [2.24, 2.45) is 17.8 Å². The van der Waals surface area contributed by atoms with Crippen LogP contribution in [0.4, 0.5) is 14.6 Å². The smallest absolute Gasteiger partial charge is 0.308 e. The number of nitrogens with zero attached hydrogens (tertiary/aromatic N) is 5. The van der Waals surface area contributed by atoms with Crippen molar-refractivity contribution in [1.29, 1.82) is 0 Å². The molecule has 4 aromatic heterocycles. The van der Waals surface area contributed by atoms with Crippen molar-refractivity contribution in [3.05, 3.63) is 42.5 Å². The van der Waals surface area contributed by atoms with E-state index in [9.17, 15) is 14.3 Å². The highest BCUT2D eigenvalue weighted by Crippen LogP contribution is 2.46. The van der Waals surface area contributed by atoms with Gasteiger partial charge in [-0.25, -0.2) is 23.7 Å². The van der Waals surface area contributed by atoms with E-state index >= 15 is 4.39 Å². The number of aliphatic carboxylic acids is 1. The van der Waals surface area contributed by atoms with Crippen molar-refractivity contribution in [3.8, 4) is 22.6 Å². The third-order valence-electron chi connectivity index (χ3n) is 7.83. The minimum absolute atomic E-state index is 0.00715. The molecule has 0 spiro atoms. The highest BCUT2D eigenvalue weighted by atomic mass is 19.1. The Kier molecular flexibility index (Phi) is 6.26. The molecule has 0 amide bonds. The molecule has 38 heavy (non-hydrogen) atoms. The maximum absolute atomic E-state index is 16.1. The zero-order valence-corrected chi connectivity index (χ0v) is 20.7. The molecule has 3 aliphatic rings. The molecular formula is C26H27F2N7O3. The fourth-order valence-corrected chi connectivity index (χ4v) is 5.98. The van der Waals surface area contributed by atoms with E-state index < -0.39 is 29.6 Å². The number of aromatic amines is 1. The van der Waals surface area contributed by atoms with Crippen molar-refractivity contribution < 1.29 is 23.4 Å². The summed E-state index contributed by atoms with van der Waals surface area (Å²) in [5.74, 6) is -2.53. The van der Waals surface area contributed by atoms with Crippen LogP contribution >= 0.6 is 0 Å². The fourth-order valence-electron chi connectivity index (χ4n) is 5.98. The molecule has 4 aromatic rings. The van der Waals surface area contributed by atoms with Gasteiger partial charge in [-0.15, -0.1) is 0 Å². The van der Waals surface area contributed by atoms with Gasteiger partial charge < -0.3 is 20.1 Å². The van der Waals surface area contributed by atoms with Gasteiger partial charge in [0.05, 0.1) is 31.5 Å². The van der Waals surface area contributed by atoms with Crippen LogP contribution in [0.15, 0.2) is 30.9 Å². The third kappa shape index (κ3) is 4.28. The average Bonchev–Trinajstić information content (AvgIpc) is 3.56. The largest absolute Gasteiger partial charge is 0.481 e. The summed E-state index contributed by atoms with van der Waals surface area (Å²) in [6.45, 7) is 0.903. The zero-order valence-electron chi connectivity index (χ0n) is 20.7. The van der Waals surface area contributed by atoms with Crippen LogP contribution in [0.2, 0.25) is 0 Å². The number of ether oxygens (including phenoxy) is 1. The maximum atomic E-state index is 16.1. The summed E-state index contributed by atoms with van der Waals surface area (Å²) in [5, 5.41) is 17.9. The Hall–Kier alpha value is -3.93. The third-order valence-corrected chi connectivity index (χ3v) is 7.83. The predicted molar refractivity (Wildman–Crippen MR) is 134 cm³/mol. The van der Waals surface area contributed by atoms with E-state index in [0.717, 1.165) is 31.9 Å². The number of halogens is 2. The Morgan fingerprint density at radius 1 is 1.21 bits per heavy atom. The van der Waals surface area contributed by atoms with Crippen molar-refractivity contribution >= 4 is 22.8 Å². The number of carbonyl (C=O) groups is 1. The van der Waals surface area contributed by atoms with Gasteiger partial charge >= 0.3 is 5.97 Å². The lowest BCUT2D eigenvalue weighted by atomic mass is 9.61. The Morgan fingerprint density at radius 2 is 2.00 bits per heavy atom. The lowest BCUT2D eigenvalue weighted by Gasteiger charge is -2.47. The normalized spacial score (nSPS) is 22.7. The summed E-state index contributed by atoms with van der Waals surface area (Å²) in [7, 11) is 1.58. The number of rotatable bonds is 8. The van der Waals surface area contributed by atoms with Crippen molar-refractivity contribution in [3.63, 3.8) is 0 Å². The number of aromatic nitrogens is 6. The second kappa shape index (κ2) is 9.75. The second-order valence-corrected chi connectivity index (χ2v) is 10.0. The van der Waals surface area contributed by atoms with Gasteiger partial charge in [-0.1, -0.05) is 0 Å². The first-order valence-electron chi connectivity index (χ1n) is 12.6. The van der Waals surface area contributed by atoms with Crippen LogP contribution in [0.1, 0.15) is 25.7 Å². The summed E-state index contributed by atoms with van der Waals surface area (Å²) in [4.78, 5) is 28.3. The van der Waals surface area contributed by atoms with Crippen LogP contribution in [0.5, 0.6) is 0 Å². The molecule has 3 saturated carbocycles. The minimum atomic E-state index is -0.885. The first-order valence-corrected chi connectivity index (χ1v) is 12.6.